The molecule has 0 aliphatic carbocycles. The summed E-state index contributed by atoms with van der Waals surface area (Å²) in [5.74, 6) is 2.78. The maximum absolute atomic E-state index is 12.9. The number of aromatic nitrogens is 3. The topological polar surface area (TPSA) is 84.2 Å². The maximum Gasteiger partial charge on any atom is 0.291 e. The molecule has 2 heterocycles. The largest absolute Gasteiger partial charge is 0.494 e. The Bertz CT molecular complexity index is 1300. The summed E-state index contributed by atoms with van der Waals surface area (Å²) in [7, 11) is 4.64. The van der Waals surface area contributed by atoms with Crippen LogP contribution in [0.25, 0.3) is 22.4 Å². The van der Waals surface area contributed by atoms with Gasteiger partial charge in [-0.2, -0.15) is 9.50 Å². The number of rotatable bonds is 7. The van der Waals surface area contributed by atoms with Crippen molar-refractivity contribution in [3.8, 4) is 34.4 Å². The molecule has 2 aromatic carbocycles. The SMILES string of the molecule is CCOc1ccc(-c2nc3s/c(=C\c4cc(OC)c(OC)c(OC)c4)c(=O)n3n2)cc1. The highest BCUT2D eigenvalue weighted by atomic mass is 32.1. The minimum absolute atomic E-state index is 0.238. The molecule has 0 unspecified atom stereocenters. The fourth-order valence-corrected chi connectivity index (χ4v) is 4.07. The molecule has 2 aromatic heterocycles. The quantitative estimate of drug-likeness (QED) is 0.438. The lowest BCUT2D eigenvalue weighted by molar-refractivity contribution is 0.324. The van der Waals surface area contributed by atoms with Crippen LogP contribution in [0.5, 0.6) is 23.0 Å². The van der Waals surface area contributed by atoms with Gasteiger partial charge in [0.1, 0.15) is 5.75 Å². The Morgan fingerprint density at radius 2 is 1.71 bits per heavy atom. The summed E-state index contributed by atoms with van der Waals surface area (Å²) in [6, 6.07) is 11.0. The summed E-state index contributed by atoms with van der Waals surface area (Å²) in [5.41, 5.74) is 1.31. The molecule has 0 N–H and O–H groups in total. The van der Waals surface area contributed by atoms with Crippen molar-refractivity contribution in [3.63, 3.8) is 0 Å². The van der Waals surface area contributed by atoms with E-state index < -0.39 is 0 Å². The lowest BCUT2D eigenvalue weighted by Crippen LogP contribution is -2.23. The molecular weight excluding hydrogens is 418 g/mol. The minimum Gasteiger partial charge on any atom is -0.494 e. The van der Waals surface area contributed by atoms with Crippen LogP contribution in [0, 0.1) is 0 Å². The predicted octanol–water partition coefficient (Wildman–Crippen LogP) is 2.79. The van der Waals surface area contributed by atoms with E-state index in [9.17, 15) is 4.79 Å². The van der Waals surface area contributed by atoms with E-state index in [1.54, 1.807) is 39.5 Å². The van der Waals surface area contributed by atoms with Crippen LogP contribution in [0.15, 0.2) is 41.2 Å². The zero-order chi connectivity index (χ0) is 22.0. The average molecular weight is 439 g/mol. The van der Waals surface area contributed by atoms with Gasteiger partial charge >= 0.3 is 0 Å². The van der Waals surface area contributed by atoms with E-state index in [0.29, 0.717) is 39.2 Å². The molecule has 0 amide bonds. The zero-order valence-electron chi connectivity index (χ0n) is 17.5. The first-order chi connectivity index (χ1) is 15.1. The molecule has 4 aromatic rings. The van der Waals surface area contributed by atoms with Crippen molar-refractivity contribution >= 4 is 22.4 Å². The molecule has 0 aliphatic rings. The van der Waals surface area contributed by atoms with E-state index in [1.165, 1.54) is 15.9 Å². The molecule has 160 valence electrons. The Balaban J connectivity index is 1.73. The third kappa shape index (κ3) is 3.91. The molecule has 0 aliphatic heterocycles. The van der Waals surface area contributed by atoms with Gasteiger partial charge in [-0.15, -0.1) is 5.10 Å². The van der Waals surface area contributed by atoms with E-state index in [4.69, 9.17) is 18.9 Å². The number of fused-ring (bicyclic) bond motifs is 1. The van der Waals surface area contributed by atoms with Crippen LogP contribution in [-0.4, -0.2) is 42.5 Å². The normalized spacial score (nSPS) is 11.7. The number of hydrogen-bond acceptors (Lipinski definition) is 8. The Morgan fingerprint density at radius 1 is 1.03 bits per heavy atom. The lowest BCUT2D eigenvalue weighted by Gasteiger charge is -2.12. The molecule has 0 saturated heterocycles. The molecule has 31 heavy (non-hydrogen) atoms. The molecule has 0 fully saturated rings. The number of ether oxygens (including phenoxy) is 4. The first-order valence-electron chi connectivity index (χ1n) is 9.52. The number of thiazole rings is 1. The van der Waals surface area contributed by atoms with E-state index in [0.717, 1.165) is 16.9 Å². The van der Waals surface area contributed by atoms with Crippen LogP contribution in [0.1, 0.15) is 12.5 Å². The monoisotopic (exact) mass is 439 g/mol. The third-order valence-electron chi connectivity index (χ3n) is 4.59. The van der Waals surface area contributed by atoms with Gasteiger partial charge in [-0.3, -0.25) is 4.79 Å². The summed E-state index contributed by atoms with van der Waals surface area (Å²) in [5, 5.41) is 4.39. The van der Waals surface area contributed by atoms with Gasteiger partial charge in [-0.05, 0) is 55.0 Å². The van der Waals surface area contributed by atoms with Crippen molar-refractivity contribution in [2.24, 2.45) is 0 Å². The summed E-state index contributed by atoms with van der Waals surface area (Å²) in [6.07, 6.45) is 1.75. The van der Waals surface area contributed by atoms with Crippen LogP contribution in [0.2, 0.25) is 0 Å². The van der Waals surface area contributed by atoms with Crippen molar-refractivity contribution in [1.82, 2.24) is 14.6 Å². The molecular formula is C22H21N3O5S. The molecule has 0 spiro atoms. The Hall–Kier alpha value is -3.59. The van der Waals surface area contributed by atoms with Crippen LogP contribution < -0.4 is 29.0 Å². The summed E-state index contributed by atoms with van der Waals surface area (Å²) in [6.45, 7) is 2.53. The van der Waals surface area contributed by atoms with Gasteiger partial charge in [-0.1, -0.05) is 11.3 Å². The summed E-state index contributed by atoms with van der Waals surface area (Å²) >= 11 is 1.27. The average Bonchev–Trinajstić information content (AvgIpc) is 3.33. The predicted molar refractivity (Wildman–Crippen MR) is 119 cm³/mol. The van der Waals surface area contributed by atoms with Gasteiger partial charge in [-0.25, -0.2) is 0 Å². The van der Waals surface area contributed by atoms with Crippen LogP contribution >= 0.6 is 11.3 Å². The van der Waals surface area contributed by atoms with Gasteiger partial charge in [0.05, 0.1) is 32.5 Å². The van der Waals surface area contributed by atoms with Gasteiger partial charge in [0, 0.05) is 5.56 Å². The molecule has 9 heteroatoms. The third-order valence-corrected chi connectivity index (χ3v) is 5.55. The van der Waals surface area contributed by atoms with Gasteiger partial charge < -0.3 is 18.9 Å². The fourth-order valence-electron chi connectivity index (χ4n) is 3.16. The van der Waals surface area contributed by atoms with E-state index in [-0.39, 0.29) is 5.56 Å². The number of hydrogen-bond donors (Lipinski definition) is 0. The van der Waals surface area contributed by atoms with Crippen LogP contribution in [0.3, 0.4) is 0 Å². The van der Waals surface area contributed by atoms with Crippen molar-refractivity contribution in [3.05, 3.63) is 56.8 Å². The summed E-state index contributed by atoms with van der Waals surface area (Å²) in [4.78, 5) is 17.9. The highest BCUT2D eigenvalue weighted by molar-refractivity contribution is 7.15. The Labute approximate surface area is 182 Å². The highest BCUT2D eigenvalue weighted by Crippen LogP contribution is 2.38. The van der Waals surface area contributed by atoms with E-state index in [2.05, 4.69) is 10.1 Å². The standard InChI is InChI=1S/C22H21N3O5S/c1-5-30-15-8-6-14(7-9-15)20-23-22-25(24-20)21(26)18(31-22)12-13-10-16(27-2)19(29-4)17(11-13)28-3/h6-12H,5H2,1-4H3/b18-12-. The maximum atomic E-state index is 12.9. The Morgan fingerprint density at radius 3 is 2.26 bits per heavy atom. The first kappa shape index (κ1) is 20.7. The molecule has 0 bridgehead atoms. The molecule has 0 saturated carbocycles. The molecule has 0 radical (unpaired) electrons. The van der Waals surface area contributed by atoms with Crippen molar-refractivity contribution in [1.29, 1.82) is 0 Å². The number of nitrogens with zero attached hydrogens (tertiary/aromatic N) is 3. The second-order valence-corrected chi connectivity index (χ2v) is 7.47. The van der Waals surface area contributed by atoms with Gasteiger partial charge in [0.15, 0.2) is 17.3 Å². The second kappa shape index (κ2) is 8.65. The zero-order valence-corrected chi connectivity index (χ0v) is 18.4. The Kier molecular flexibility index (Phi) is 5.77. The molecule has 8 nitrogen and oxygen atoms in total. The van der Waals surface area contributed by atoms with Crippen LogP contribution in [-0.2, 0) is 0 Å². The highest BCUT2D eigenvalue weighted by Gasteiger charge is 2.15. The van der Waals surface area contributed by atoms with E-state index in [1.807, 2.05) is 31.2 Å². The smallest absolute Gasteiger partial charge is 0.291 e. The van der Waals surface area contributed by atoms with Crippen molar-refractivity contribution < 1.29 is 18.9 Å². The number of benzene rings is 2. The molecule has 0 atom stereocenters. The second-order valence-electron chi connectivity index (χ2n) is 6.46. The fraction of sp³-hybridized carbons (Fsp3) is 0.227. The number of methoxy groups -OCH3 is 3. The first-order valence-corrected chi connectivity index (χ1v) is 10.3. The molecule has 4 rings (SSSR count). The van der Waals surface area contributed by atoms with Crippen LogP contribution in [0.4, 0.5) is 0 Å². The summed E-state index contributed by atoms with van der Waals surface area (Å²) < 4.78 is 23.4. The minimum atomic E-state index is -0.238. The van der Waals surface area contributed by atoms with Gasteiger partial charge in [0.2, 0.25) is 10.7 Å². The van der Waals surface area contributed by atoms with Crippen molar-refractivity contribution in [2.45, 2.75) is 6.92 Å². The van der Waals surface area contributed by atoms with Gasteiger partial charge in [0.25, 0.3) is 5.56 Å². The van der Waals surface area contributed by atoms with Crippen molar-refractivity contribution in [2.75, 3.05) is 27.9 Å². The lowest BCUT2D eigenvalue weighted by atomic mass is 10.1. The van der Waals surface area contributed by atoms with E-state index >= 15 is 0 Å².